The summed E-state index contributed by atoms with van der Waals surface area (Å²) in [5, 5.41) is 9.16. The van der Waals surface area contributed by atoms with E-state index in [1.54, 1.807) is 13.1 Å². The van der Waals surface area contributed by atoms with Gasteiger partial charge >= 0.3 is 0 Å². The van der Waals surface area contributed by atoms with Crippen LogP contribution in [-0.4, -0.2) is 16.2 Å². The second kappa shape index (κ2) is 4.21. The number of hydrogen-bond acceptors (Lipinski definition) is 2. The normalized spacial score (nSPS) is 15.6. The predicted octanol–water partition coefficient (Wildman–Crippen LogP) is 1.96. The molecular weight excluding hydrogens is 150 g/mol. The van der Waals surface area contributed by atoms with E-state index in [4.69, 9.17) is 5.11 Å². The molecular formula is C10H15NO. The maximum Gasteiger partial charge on any atom is 0.0518 e. The van der Waals surface area contributed by atoms with Gasteiger partial charge in [-0.2, -0.15) is 0 Å². The third-order valence-electron chi connectivity index (χ3n) is 1.89. The van der Waals surface area contributed by atoms with E-state index in [1.165, 1.54) is 0 Å². The summed E-state index contributed by atoms with van der Waals surface area (Å²) < 4.78 is 0. The quantitative estimate of drug-likeness (QED) is 0.742. The summed E-state index contributed by atoms with van der Waals surface area (Å²) in [5.41, 5.74) is 1.05. The lowest BCUT2D eigenvalue weighted by molar-refractivity contribution is 0.176. The van der Waals surface area contributed by atoms with Crippen molar-refractivity contribution in [3.05, 3.63) is 30.1 Å². The minimum atomic E-state index is -0.248. The number of aliphatic hydroxyl groups is 1. The molecule has 66 valence electrons. The van der Waals surface area contributed by atoms with Crippen molar-refractivity contribution in [2.75, 3.05) is 0 Å². The van der Waals surface area contributed by atoms with Crippen LogP contribution in [0.15, 0.2) is 24.4 Å². The SMILES string of the molecule is CC(O)CC(C)c1ccccn1. The predicted molar refractivity (Wildman–Crippen MR) is 48.9 cm³/mol. The molecule has 0 saturated heterocycles. The third-order valence-corrected chi connectivity index (χ3v) is 1.89. The van der Waals surface area contributed by atoms with E-state index in [9.17, 15) is 0 Å². The van der Waals surface area contributed by atoms with E-state index in [0.717, 1.165) is 12.1 Å². The van der Waals surface area contributed by atoms with Crippen LogP contribution in [0.3, 0.4) is 0 Å². The van der Waals surface area contributed by atoms with Gasteiger partial charge in [-0.25, -0.2) is 0 Å². The fourth-order valence-corrected chi connectivity index (χ4v) is 1.30. The van der Waals surface area contributed by atoms with Gasteiger partial charge in [-0.3, -0.25) is 4.98 Å². The van der Waals surface area contributed by atoms with Crippen LogP contribution in [-0.2, 0) is 0 Å². The number of nitrogens with zero attached hydrogens (tertiary/aromatic N) is 1. The number of aliphatic hydroxyl groups excluding tert-OH is 1. The van der Waals surface area contributed by atoms with Crippen LogP contribution in [0.25, 0.3) is 0 Å². The number of rotatable bonds is 3. The molecule has 0 fully saturated rings. The average Bonchev–Trinajstić information content (AvgIpc) is 2.05. The Morgan fingerprint density at radius 1 is 1.42 bits per heavy atom. The van der Waals surface area contributed by atoms with Gasteiger partial charge in [0.2, 0.25) is 0 Å². The Morgan fingerprint density at radius 3 is 2.67 bits per heavy atom. The smallest absolute Gasteiger partial charge is 0.0518 e. The molecule has 2 nitrogen and oxygen atoms in total. The second-order valence-corrected chi connectivity index (χ2v) is 3.24. The first-order valence-corrected chi connectivity index (χ1v) is 4.29. The van der Waals surface area contributed by atoms with E-state index < -0.39 is 0 Å². The standard InChI is InChI=1S/C10H15NO/c1-8(7-9(2)12)10-5-3-4-6-11-10/h3-6,8-9,12H,7H2,1-2H3. The largest absolute Gasteiger partial charge is 0.393 e. The number of aromatic nitrogens is 1. The van der Waals surface area contributed by atoms with Gasteiger partial charge in [0.25, 0.3) is 0 Å². The van der Waals surface area contributed by atoms with Crippen molar-refractivity contribution in [2.24, 2.45) is 0 Å². The molecule has 2 heteroatoms. The molecule has 0 saturated carbocycles. The van der Waals surface area contributed by atoms with E-state index in [1.807, 2.05) is 18.2 Å². The molecule has 2 atom stereocenters. The Balaban J connectivity index is 2.59. The van der Waals surface area contributed by atoms with Gasteiger partial charge in [0.1, 0.15) is 0 Å². The molecule has 0 aliphatic heterocycles. The fraction of sp³-hybridized carbons (Fsp3) is 0.500. The lowest BCUT2D eigenvalue weighted by atomic mass is 10.0. The molecule has 0 aromatic carbocycles. The Labute approximate surface area is 73.3 Å². The molecule has 0 bridgehead atoms. The van der Waals surface area contributed by atoms with Crippen LogP contribution >= 0.6 is 0 Å². The van der Waals surface area contributed by atoms with Gasteiger partial charge in [-0.1, -0.05) is 13.0 Å². The highest BCUT2D eigenvalue weighted by molar-refractivity contribution is 5.08. The highest BCUT2D eigenvalue weighted by Gasteiger charge is 2.08. The van der Waals surface area contributed by atoms with E-state index in [-0.39, 0.29) is 6.10 Å². The minimum Gasteiger partial charge on any atom is -0.393 e. The Morgan fingerprint density at radius 2 is 2.17 bits per heavy atom. The van der Waals surface area contributed by atoms with E-state index >= 15 is 0 Å². The van der Waals surface area contributed by atoms with Crippen LogP contribution in [0.4, 0.5) is 0 Å². The van der Waals surface area contributed by atoms with Gasteiger partial charge in [0.05, 0.1) is 6.10 Å². The molecule has 0 spiro atoms. The van der Waals surface area contributed by atoms with Gasteiger partial charge in [-0.05, 0) is 25.5 Å². The summed E-state index contributed by atoms with van der Waals surface area (Å²) in [6.45, 7) is 3.88. The highest BCUT2D eigenvalue weighted by atomic mass is 16.3. The van der Waals surface area contributed by atoms with Crippen LogP contribution in [0.2, 0.25) is 0 Å². The monoisotopic (exact) mass is 165 g/mol. The molecule has 0 aliphatic rings. The first kappa shape index (κ1) is 9.20. The molecule has 1 rings (SSSR count). The summed E-state index contributed by atoms with van der Waals surface area (Å²) in [5.74, 6) is 0.339. The van der Waals surface area contributed by atoms with Crippen LogP contribution in [0, 0.1) is 0 Å². The first-order valence-electron chi connectivity index (χ1n) is 4.29. The lowest BCUT2D eigenvalue weighted by Gasteiger charge is -2.11. The molecule has 0 radical (unpaired) electrons. The summed E-state index contributed by atoms with van der Waals surface area (Å²) >= 11 is 0. The summed E-state index contributed by atoms with van der Waals surface area (Å²) in [7, 11) is 0. The van der Waals surface area contributed by atoms with Crippen molar-refractivity contribution in [3.8, 4) is 0 Å². The van der Waals surface area contributed by atoms with Gasteiger partial charge in [-0.15, -0.1) is 0 Å². The van der Waals surface area contributed by atoms with E-state index in [0.29, 0.717) is 5.92 Å². The molecule has 1 aromatic rings. The molecule has 0 aliphatic carbocycles. The molecule has 0 amide bonds. The number of pyridine rings is 1. The van der Waals surface area contributed by atoms with Crippen LogP contribution in [0.5, 0.6) is 0 Å². The fourth-order valence-electron chi connectivity index (χ4n) is 1.30. The Bertz CT molecular complexity index is 221. The minimum absolute atomic E-state index is 0.248. The Hall–Kier alpha value is -0.890. The van der Waals surface area contributed by atoms with Crippen molar-refractivity contribution in [3.63, 3.8) is 0 Å². The van der Waals surface area contributed by atoms with Gasteiger partial charge in [0, 0.05) is 17.8 Å². The zero-order valence-corrected chi connectivity index (χ0v) is 7.57. The second-order valence-electron chi connectivity index (χ2n) is 3.24. The maximum absolute atomic E-state index is 9.16. The van der Waals surface area contributed by atoms with Crippen molar-refractivity contribution in [1.29, 1.82) is 0 Å². The zero-order valence-electron chi connectivity index (χ0n) is 7.57. The molecule has 1 aromatic heterocycles. The maximum atomic E-state index is 9.16. The van der Waals surface area contributed by atoms with Crippen molar-refractivity contribution in [1.82, 2.24) is 4.98 Å². The third kappa shape index (κ3) is 2.62. The molecule has 12 heavy (non-hydrogen) atoms. The summed E-state index contributed by atoms with van der Waals surface area (Å²) in [6, 6.07) is 5.87. The number of hydrogen-bond donors (Lipinski definition) is 1. The summed E-state index contributed by atoms with van der Waals surface area (Å²) in [6.07, 6.45) is 2.31. The molecule has 2 unspecified atom stereocenters. The van der Waals surface area contributed by atoms with Gasteiger partial charge in [0.15, 0.2) is 0 Å². The van der Waals surface area contributed by atoms with E-state index in [2.05, 4.69) is 11.9 Å². The van der Waals surface area contributed by atoms with Crippen molar-refractivity contribution < 1.29 is 5.11 Å². The molecule has 1 N–H and O–H groups in total. The van der Waals surface area contributed by atoms with Crippen LogP contribution < -0.4 is 0 Å². The zero-order chi connectivity index (χ0) is 8.97. The summed E-state index contributed by atoms with van der Waals surface area (Å²) in [4.78, 5) is 4.22. The lowest BCUT2D eigenvalue weighted by Crippen LogP contribution is -2.06. The van der Waals surface area contributed by atoms with Crippen molar-refractivity contribution in [2.45, 2.75) is 32.3 Å². The average molecular weight is 165 g/mol. The van der Waals surface area contributed by atoms with Crippen molar-refractivity contribution >= 4 is 0 Å². The highest BCUT2D eigenvalue weighted by Crippen LogP contribution is 2.17. The molecule has 1 heterocycles. The topological polar surface area (TPSA) is 33.1 Å². The Kier molecular flexibility index (Phi) is 3.23. The van der Waals surface area contributed by atoms with Gasteiger partial charge < -0.3 is 5.11 Å². The van der Waals surface area contributed by atoms with Crippen LogP contribution in [0.1, 0.15) is 31.9 Å². The first-order chi connectivity index (χ1) is 5.70.